The average Bonchev–Trinajstić information content (AvgIpc) is 3.19. The number of ether oxygens (including phenoxy) is 2. The number of carbonyl (C=O) groups excluding carboxylic acids is 1. The average molecular weight is 248 g/mol. The lowest BCUT2D eigenvalue weighted by atomic mass is 10.1. The van der Waals surface area contributed by atoms with Gasteiger partial charge in [-0.2, -0.15) is 0 Å². The number of epoxide rings is 1. The Balaban J connectivity index is 1.95. The third kappa shape index (κ3) is 3.57. The van der Waals surface area contributed by atoms with Crippen LogP contribution in [-0.2, 0) is 4.74 Å². The van der Waals surface area contributed by atoms with Crippen molar-refractivity contribution < 1.29 is 14.3 Å². The van der Waals surface area contributed by atoms with E-state index in [1.165, 1.54) is 0 Å². The van der Waals surface area contributed by atoms with E-state index in [0.717, 1.165) is 37.2 Å². The van der Waals surface area contributed by atoms with Crippen LogP contribution in [0.2, 0.25) is 0 Å². The van der Waals surface area contributed by atoms with E-state index in [1.54, 1.807) is 6.92 Å². The first-order chi connectivity index (χ1) is 8.70. The number of benzene rings is 1. The second-order valence-corrected chi connectivity index (χ2v) is 4.75. The summed E-state index contributed by atoms with van der Waals surface area (Å²) in [6.07, 6.45) is 3.74. The van der Waals surface area contributed by atoms with Gasteiger partial charge in [0.1, 0.15) is 18.0 Å². The molecule has 98 valence electrons. The molecule has 0 aromatic heterocycles. The van der Waals surface area contributed by atoms with E-state index in [9.17, 15) is 4.79 Å². The number of unbranched alkanes of at least 4 members (excludes halogenated alkanes) is 1. The van der Waals surface area contributed by atoms with E-state index in [-0.39, 0.29) is 18.0 Å². The number of ketones is 1. The van der Waals surface area contributed by atoms with Gasteiger partial charge in [-0.25, -0.2) is 0 Å². The molecule has 2 atom stereocenters. The highest BCUT2D eigenvalue weighted by Gasteiger charge is 2.33. The quantitative estimate of drug-likeness (QED) is 0.549. The third-order valence-electron chi connectivity index (χ3n) is 3.16. The number of Topliss-reactive ketones (excluding diaryl/α,β-unsaturated/α-hetero) is 1. The predicted octanol–water partition coefficient (Wildman–Crippen LogP) is 3.23. The molecule has 0 bridgehead atoms. The summed E-state index contributed by atoms with van der Waals surface area (Å²) in [6, 6.07) is 7.33. The van der Waals surface area contributed by atoms with E-state index in [4.69, 9.17) is 9.47 Å². The van der Waals surface area contributed by atoms with Crippen molar-refractivity contribution in [3.05, 3.63) is 29.8 Å². The largest absolute Gasteiger partial charge is 0.488 e. The summed E-state index contributed by atoms with van der Waals surface area (Å²) in [6.45, 7) is 4.55. The van der Waals surface area contributed by atoms with Gasteiger partial charge in [0.2, 0.25) is 0 Å². The smallest absolute Gasteiger partial charge is 0.159 e. The molecular weight excluding hydrogens is 228 g/mol. The SMILES string of the molecule is CCCCC(Oc1ccc(C(C)=O)cc1)C1CO1. The highest BCUT2D eigenvalue weighted by molar-refractivity contribution is 5.94. The minimum atomic E-state index is 0.0783. The van der Waals surface area contributed by atoms with Gasteiger partial charge in [0.25, 0.3) is 0 Å². The summed E-state index contributed by atoms with van der Waals surface area (Å²) >= 11 is 0. The molecule has 0 radical (unpaired) electrons. The van der Waals surface area contributed by atoms with Gasteiger partial charge in [0.05, 0.1) is 6.61 Å². The van der Waals surface area contributed by atoms with Crippen LogP contribution in [0, 0.1) is 0 Å². The van der Waals surface area contributed by atoms with Crippen molar-refractivity contribution in [2.75, 3.05) is 6.61 Å². The van der Waals surface area contributed by atoms with Gasteiger partial charge in [-0.05, 0) is 44.0 Å². The molecule has 0 aliphatic carbocycles. The summed E-state index contributed by atoms with van der Waals surface area (Å²) in [5.41, 5.74) is 0.718. The van der Waals surface area contributed by atoms with Crippen molar-refractivity contribution in [1.82, 2.24) is 0 Å². The van der Waals surface area contributed by atoms with Crippen molar-refractivity contribution >= 4 is 5.78 Å². The fourth-order valence-electron chi connectivity index (χ4n) is 1.94. The van der Waals surface area contributed by atoms with Crippen molar-refractivity contribution in [2.24, 2.45) is 0 Å². The highest BCUT2D eigenvalue weighted by atomic mass is 16.6. The highest BCUT2D eigenvalue weighted by Crippen LogP contribution is 2.24. The van der Waals surface area contributed by atoms with Gasteiger partial charge < -0.3 is 9.47 Å². The van der Waals surface area contributed by atoms with E-state index in [0.29, 0.717) is 0 Å². The van der Waals surface area contributed by atoms with Gasteiger partial charge in [-0.15, -0.1) is 0 Å². The monoisotopic (exact) mass is 248 g/mol. The van der Waals surface area contributed by atoms with Crippen LogP contribution < -0.4 is 4.74 Å². The molecule has 1 fully saturated rings. The van der Waals surface area contributed by atoms with Crippen LogP contribution in [0.3, 0.4) is 0 Å². The fourth-order valence-corrected chi connectivity index (χ4v) is 1.94. The van der Waals surface area contributed by atoms with E-state index in [2.05, 4.69) is 6.92 Å². The van der Waals surface area contributed by atoms with Crippen LogP contribution in [0.5, 0.6) is 5.75 Å². The maximum atomic E-state index is 11.2. The van der Waals surface area contributed by atoms with Crippen molar-refractivity contribution in [3.8, 4) is 5.75 Å². The molecule has 1 saturated heterocycles. The van der Waals surface area contributed by atoms with Crippen LogP contribution in [-0.4, -0.2) is 24.6 Å². The molecule has 3 heteroatoms. The van der Waals surface area contributed by atoms with E-state index in [1.807, 2.05) is 24.3 Å². The normalized spacial score (nSPS) is 19.3. The van der Waals surface area contributed by atoms with Gasteiger partial charge in [-0.1, -0.05) is 13.3 Å². The molecule has 2 unspecified atom stereocenters. The van der Waals surface area contributed by atoms with Gasteiger partial charge in [0.15, 0.2) is 5.78 Å². The molecule has 1 aromatic rings. The zero-order valence-corrected chi connectivity index (χ0v) is 11.0. The molecule has 1 aliphatic rings. The topological polar surface area (TPSA) is 38.8 Å². The molecule has 0 spiro atoms. The van der Waals surface area contributed by atoms with Crippen LogP contribution in [0.15, 0.2) is 24.3 Å². The maximum Gasteiger partial charge on any atom is 0.159 e. The van der Waals surface area contributed by atoms with E-state index >= 15 is 0 Å². The Morgan fingerprint density at radius 1 is 1.44 bits per heavy atom. The molecular formula is C15H20O3. The van der Waals surface area contributed by atoms with Crippen molar-refractivity contribution in [1.29, 1.82) is 0 Å². The lowest BCUT2D eigenvalue weighted by molar-refractivity contribution is 0.101. The van der Waals surface area contributed by atoms with Crippen molar-refractivity contribution in [2.45, 2.75) is 45.3 Å². The van der Waals surface area contributed by atoms with E-state index < -0.39 is 0 Å². The minimum Gasteiger partial charge on any atom is -0.488 e. The third-order valence-corrected chi connectivity index (χ3v) is 3.16. The summed E-state index contributed by atoms with van der Waals surface area (Å²) in [5.74, 6) is 0.895. The number of hydrogen-bond donors (Lipinski definition) is 0. The molecule has 0 amide bonds. The van der Waals surface area contributed by atoms with Crippen LogP contribution in [0.25, 0.3) is 0 Å². The molecule has 1 aromatic carbocycles. The number of carbonyl (C=O) groups is 1. The first-order valence-electron chi connectivity index (χ1n) is 6.60. The van der Waals surface area contributed by atoms with Crippen molar-refractivity contribution in [3.63, 3.8) is 0 Å². The number of rotatable bonds is 7. The maximum absolute atomic E-state index is 11.2. The Hall–Kier alpha value is -1.35. The Morgan fingerprint density at radius 2 is 2.11 bits per heavy atom. The molecule has 3 nitrogen and oxygen atoms in total. The molecule has 18 heavy (non-hydrogen) atoms. The zero-order chi connectivity index (χ0) is 13.0. The number of hydrogen-bond acceptors (Lipinski definition) is 3. The second kappa shape index (κ2) is 6.01. The fraction of sp³-hybridized carbons (Fsp3) is 0.533. The molecule has 1 aliphatic heterocycles. The second-order valence-electron chi connectivity index (χ2n) is 4.75. The standard InChI is InChI=1S/C15H20O3/c1-3-4-5-14(15-10-17-15)18-13-8-6-12(7-9-13)11(2)16/h6-9,14-15H,3-5,10H2,1-2H3. The molecule has 0 saturated carbocycles. The lowest BCUT2D eigenvalue weighted by Gasteiger charge is -2.17. The van der Waals surface area contributed by atoms with Crippen LogP contribution in [0.1, 0.15) is 43.5 Å². The summed E-state index contributed by atoms with van der Waals surface area (Å²) in [7, 11) is 0. The van der Waals surface area contributed by atoms with Gasteiger partial charge in [0, 0.05) is 5.56 Å². The first kappa shape index (κ1) is 13.1. The summed E-state index contributed by atoms with van der Waals surface area (Å²) in [4.78, 5) is 11.2. The zero-order valence-electron chi connectivity index (χ0n) is 11.0. The Bertz CT molecular complexity index is 393. The lowest BCUT2D eigenvalue weighted by Crippen LogP contribution is -2.23. The van der Waals surface area contributed by atoms with Gasteiger partial charge in [-0.3, -0.25) is 4.79 Å². The van der Waals surface area contributed by atoms with Gasteiger partial charge >= 0.3 is 0 Å². The molecule has 0 N–H and O–H groups in total. The summed E-state index contributed by atoms with van der Waals surface area (Å²) < 4.78 is 11.3. The van der Waals surface area contributed by atoms with Crippen LogP contribution in [0.4, 0.5) is 0 Å². The predicted molar refractivity (Wildman–Crippen MR) is 70.1 cm³/mol. The Morgan fingerprint density at radius 3 is 2.61 bits per heavy atom. The minimum absolute atomic E-state index is 0.0783. The Labute approximate surface area is 108 Å². The first-order valence-corrected chi connectivity index (χ1v) is 6.60. The van der Waals surface area contributed by atoms with Crippen LogP contribution >= 0.6 is 0 Å². The Kier molecular flexibility index (Phi) is 4.37. The summed E-state index contributed by atoms with van der Waals surface area (Å²) in [5, 5.41) is 0. The molecule has 2 rings (SSSR count). The molecule has 1 heterocycles.